The first-order valence-electron chi connectivity index (χ1n) is 7.41. The summed E-state index contributed by atoms with van der Waals surface area (Å²) in [4.78, 5) is 12.8. The van der Waals surface area contributed by atoms with E-state index in [4.69, 9.17) is 23.7 Å². The molecule has 0 radical (unpaired) electrons. The van der Waals surface area contributed by atoms with Crippen LogP contribution in [0.5, 0.6) is 28.7 Å². The molecule has 25 heavy (non-hydrogen) atoms. The lowest BCUT2D eigenvalue weighted by Gasteiger charge is -2.16. The summed E-state index contributed by atoms with van der Waals surface area (Å²) in [5, 5.41) is 2.79. The molecule has 1 amide bonds. The second-order valence-electron chi connectivity index (χ2n) is 4.93. The van der Waals surface area contributed by atoms with Gasteiger partial charge in [0.2, 0.25) is 0 Å². The highest BCUT2D eigenvalue weighted by molar-refractivity contribution is 6.09. The van der Waals surface area contributed by atoms with Gasteiger partial charge in [-0.15, -0.1) is 0 Å². The number of ether oxygens (including phenoxy) is 5. The molecule has 7 nitrogen and oxygen atoms in total. The zero-order valence-corrected chi connectivity index (χ0v) is 14.8. The Hall–Kier alpha value is -3.09. The molecule has 7 heteroatoms. The van der Waals surface area contributed by atoms with Gasteiger partial charge in [-0.3, -0.25) is 4.79 Å². The highest BCUT2D eigenvalue weighted by atomic mass is 16.5. The van der Waals surface area contributed by atoms with Gasteiger partial charge in [-0.25, -0.2) is 0 Å². The third-order valence-corrected chi connectivity index (χ3v) is 3.60. The van der Waals surface area contributed by atoms with Crippen molar-refractivity contribution in [1.82, 2.24) is 0 Å². The minimum absolute atomic E-state index is 0.246. The van der Waals surface area contributed by atoms with Crippen molar-refractivity contribution in [2.45, 2.75) is 0 Å². The van der Waals surface area contributed by atoms with Crippen LogP contribution < -0.4 is 29.0 Å². The summed E-state index contributed by atoms with van der Waals surface area (Å²) < 4.78 is 26.3. The molecule has 0 saturated carbocycles. The minimum atomic E-state index is -0.414. The van der Waals surface area contributed by atoms with Gasteiger partial charge in [-0.2, -0.15) is 0 Å². The lowest BCUT2D eigenvalue weighted by atomic mass is 10.1. The van der Waals surface area contributed by atoms with E-state index in [1.54, 1.807) is 37.4 Å². The van der Waals surface area contributed by atoms with E-state index in [9.17, 15) is 4.79 Å². The Labute approximate surface area is 146 Å². The number of carbonyl (C=O) groups excluding carboxylic acids is 1. The van der Waals surface area contributed by atoms with E-state index in [1.165, 1.54) is 28.4 Å². The lowest BCUT2D eigenvalue weighted by molar-refractivity contribution is 0.102. The van der Waals surface area contributed by atoms with Crippen LogP contribution in [0.3, 0.4) is 0 Å². The normalized spacial score (nSPS) is 9.96. The first-order valence-corrected chi connectivity index (χ1v) is 7.41. The Balaban J connectivity index is 2.45. The van der Waals surface area contributed by atoms with E-state index in [0.29, 0.717) is 34.4 Å². The fourth-order valence-corrected chi connectivity index (χ4v) is 2.33. The molecule has 2 rings (SSSR count). The van der Waals surface area contributed by atoms with Gasteiger partial charge in [0.25, 0.3) is 5.91 Å². The van der Waals surface area contributed by atoms with Crippen LogP contribution in [0.25, 0.3) is 0 Å². The summed E-state index contributed by atoms with van der Waals surface area (Å²) in [6, 6.07) is 8.33. The van der Waals surface area contributed by atoms with Gasteiger partial charge in [-0.1, -0.05) is 0 Å². The molecule has 0 fully saturated rings. The van der Waals surface area contributed by atoms with Crippen molar-refractivity contribution in [3.8, 4) is 28.7 Å². The zero-order valence-electron chi connectivity index (χ0n) is 14.8. The van der Waals surface area contributed by atoms with Crippen LogP contribution in [0.1, 0.15) is 10.4 Å². The molecule has 0 aliphatic carbocycles. The summed E-state index contributed by atoms with van der Waals surface area (Å²) in [5.74, 6) is 1.85. The first-order chi connectivity index (χ1) is 12.1. The Morgan fingerprint density at radius 1 is 0.720 bits per heavy atom. The average Bonchev–Trinajstić information content (AvgIpc) is 2.66. The quantitative estimate of drug-likeness (QED) is 0.830. The summed E-state index contributed by atoms with van der Waals surface area (Å²) in [6.45, 7) is 0. The maximum atomic E-state index is 12.8. The van der Waals surface area contributed by atoms with E-state index in [1.807, 2.05) is 0 Å². The van der Waals surface area contributed by atoms with Gasteiger partial charge in [0.15, 0.2) is 0 Å². The van der Waals surface area contributed by atoms with E-state index < -0.39 is 5.91 Å². The van der Waals surface area contributed by atoms with Gasteiger partial charge in [0.05, 0.1) is 41.2 Å². The van der Waals surface area contributed by atoms with Gasteiger partial charge in [0, 0.05) is 18.2 Å². The summed E-state index contributed by atoms with van der Waals surface area (Å²) in [5.41, 5.74) is 0.711. The van der Waals surface area contributed by atoms with Crippen molar-refractivity contribution in [1.29, 1.82) is 0 Å². The van der Waals surface area contributed by atoms with Crippen molar-refractivity contribution in [2.24, 2.45) is 0 Å². The maximum Gasteiger partial charge on any atom is 0.263 e. The van der Waals surface area contributed by atoms with Crippen LogP contribution in [0.2, 0.25) is 0 Å². The highest BCUT2D eigenvalue weighted by Crippen LogP contribution is 2.36. The average molecular weight is 347 g/mol. The molecule has 0 saturated heterocycles. The number of benzene rings is 2. The second-order valence-corrected chi connectivity index (χ2v) is 4.93. The zero-order chi connectivity index (χ0) is 18.4. The fraction of sp³-hybridized carbons (Fsp3) is 0.278. The van der Waals surface area contributed by atoms with Gasteiger partial charge >= 0.3 is 0 Å². The number of amides is 1. The molecule has 2 aromatic rings. The van der Waals surface area contributed by atoms with Crippen molar-refractivity contribution in [3.05, 3.63) is 35.9 Å². The molecular formula is C18H21NO6. The predicted molar refractivity (Wildman–Crippen MR) is 93.6 cm³/mol. The molecule has 0 aliphatic rings. The van der Waals surface area contributed by atoms with E-state index in [0.717, 1.165) is 0 Å². The number of carbonyl (C=O) groups is 1. The van der Waals surface area contributed by atoms with Crippen molar-refractivity contribution < 1.29 is 28.5 Å². The Kier molecular flexibility index (Phi) is 5.94. The van der Waals surface area contributed by atoms with Gasteiger partial charge < -0.3 is 29.0 Å². The second kappa shape index (κ2) is 8.14. The van der Waals surface area contributed by atoms with Crippen LogP contribution >= 0.6 is 0 Å². The van der Waals surface area contributed by atoms with Crippen LogP contribution in [0.15, 0.2) is 30.3 Å². The Morgan fingerprint density at radius 3 is 1.76 bits per heavy atom. The molecule has 2 aromatic carbocycles. The molecule has 0 bridgehead atoms. The molecule has 0 unspecified atom stereocenters. The van der Waals surface area contributed by atoms with Crippen LogP contribution in [-0.4, -0.2) is 41.5 Å². The number of hydrogen-bond donors (Lipinski definition) is 1. The lowest BCUT2D eigenvalue weighted by Crippen LogP contribution is -2.15. The SMILES string of the molecule is COc1ccc(OC)c(NC(=O)c2c(OC)cc(OC)cc2OC)c1. The standard InChI is InChI=1S/C18H21NO6/c1-21-11-6-7-14(23-3)13(8-11)19-18(20)17-15(24-4)9-12(22-2)10-16(17)25-5/h6-10H,1-5H3,(H,19,20). The first kappa shape index (κ1) is 18.3. The number of rotatable bonds is 7. The molecule has 134 valence electrons. The highest BCUT2D eigenvalue weighted by Gasteiger charge is 2.21. The Bertz CT molecular complexity index is 734. The summed E-state index contributed by atoms with van der Waals surface area (Å²) >= 11 is 0. The molecule has 1 N–H and O–H groups in total. The van der Waals surface area contributed by atoms with E-state index in [-0.39, 0.29) is 5.56 Å². The number of anilines is 1. The van der Waals surface area contributed by atoms with Crippen molar-refractivity contribution >= 4 is 11.6 Å². The minimum Gasteiger partial charge on any atom is -0.497 e. The molecule has 0 heterocycles. The van der Waals surface area contributed by atoms with Crippen LogP contribution in [0.4, 0.5) is 5.69 Å². The molecule has 0 atom stereocenters. The smallest absolute Gasteiger partial charge is 0.263 e. The molecular weight excluding hydrogens is 326 g/mol. The van der Waals surface area contributed by atoms with Crippen molar-refractivity contribution in [2.75, 3.05) is 40.9 Å². The third-order valence-electron chi connectivity index (χ3n) is 3.60. The Morgan fingerprint density at radius 2 is 1.28 bits per heavy atom. The summed E-state index contributed by atoms with van der Waals surface area (Å²) in [7, 11) is 7.53. The van der Waals surface area contributed by atoms with Crippen LogP contribution in [-0.2, 0) is 0 Å². The summed E-state index contributed by atoms with van der Waals surface area (Å²) in [6.07, 6.45) is 0. The molecule has 0 spiro atoms. The third kappa shape index (κ3) is 3.88. The van der Waals surface area contributed by atoms with Crippen molar-refractivity contribution in [3.63, 3.8) is 0 Å². The van der Waals surface area contributed by atoms with Gasteiger partial charge in [-0.05, 0) is 12.1 Å². The van der Waals surface area contributed by atoms with E-state index in [2.05, 4.69) is 5.32 Å². The number of nitrogens with one attached hydrogen (secondary N) is 1. The predicted octanol–water partition coefficient (Wildman–Crippen LogP) is 2.98. The monoisotopic (exact) mass is 347 g/mol. The van der Waals surface area contributed by atoms with Crippen LogP contribution in [0, 0.1) is 0 Å². The number of hydrogen-bond acceptors (Lipinski definition) is 6. The largest absolute Gasteiger partial charge is 0.497 e. The molecule has 0 aromatic heterocycles. The van der Waals surface area contributed by atoms with E-state index >= 15 is 0 Å². The number of methoxy groups -OCH3 is 5. The molecule has 0 aliphatic heterocycles. The topological polar surface area (TPSA) is 75.3 Å². The maximum absolute atomic E-state index is 12.8. The van der Waals surface area contributed by atoms with Gasteiger partial charge in [0.1, 0.15) is 34.3 Å². The fourth-order valence-electron chi connectivity index (χ4n) is 2.33.